The number of aromatic carboxylic acids is 1. The number of furan rings is 1. The van der Waals surface area contributed by atoms with E-state index < -0.39 is 12.1 Å². The van der Waals surface area contributed by atoms with Gasteiger partial charge in [0, 0.05) is 5.39 Å². The number of carboxylic acids is 1. The second-order valence-electron chi connectivity index (χ2n) is 3.29. The van der Waals surface area contributed by atoms with E-state index in [0.717, 1.165) is 0 Å². The zero-order chi connectivity index (χ0) is 11.0. The van der Waals surface area contributed by atoms with Gasteiger partial charge in [0.05, 0.1) is 5.56 Å². The van der Waals surface area contributed by atoms with E-state index in [9.17, 15) is 9.18 Å². The molecule has 78 valence electrons. The van der Waals surface area contributed by atoms with Gasteiger partial charge in [-0.25, -0.2) is 9.18 Å². The fraction of sp³-hybridized carbons (Fsp3) is 0.182. The SMILES string of the molecule is CC(F)c1cc2c(C(=O)O)cccc2o1. The number of halogens is 1. The van der Waals surface area contributed by atoms with Gasteiger partial charge in [-0.05, 0) is 25.1 Å². The van der Waals surface area contributed by atoms with E-state index in [2.05, 4.69) is 0 Å². The molecule has 0 saturated carbocycles. The molecule has 2 rings (SSSR count). The summed E-state index contributed by atoms with van der Waals surface area (Å²) in [5, 5.41) is 9.33. The van der Waals surface area contributed by atoms with Crippen LogP contribution < -0.4 is 0 Å². The van der Waals surface area contributed by atoms with Gasteiger partial charge >= 0.3 is 5.97 Å². The lowest BCUT2D eigenvalue weighted by atomic mass is 10.1. The summed E-state index contributed by atoms with van der Waals surface area (Å²) in [5.74, 6) is -0.891. The van der Waals surface area contributed by atoms with Gasteiger partial charge in [0.2, 0.25) is 0 Å². The van der Waals surface area contributed by atoms with Crippen LogP contribution >= 0.6 is 0 Å². The zero-order valence-electron chi connectivity index (χ0n) is 8.03. The first-order chi connectivity index (χ1) is 7.09. The van der Waals surface area contributed by atoms with Crippen LogP contribution in [0.1, 0.15) is 29.2 Å². The highest BCUT2D eigenvalue weighted by atomic mass is 19.1. The quantitative estimate of drug-likeness (QED) is 0.824. The summed E-state index contributed by atoms with van der Waals surface area (Å²) in [4.78, 5) is 10.9. The average molecular weight is 208 g/mol. The second-order valence-corrected chi connectivity index (χ2v) is 3.29. The van der Waals surface area contributed by atoms with Gasteiger partial charge in [-0.1, -0.05) is 6.07 Å². The summed E-state index contributed by atoms with van der Waals surface area (Å²) in [7, 11) is 0. The lowest BCUT2D eigenvalue weighted by molar-refractivity contribution is 0.0699. The monoisotopic (exact) mass is 208 g/mol. The lowest BCUT2D eigenvalue weighted by Gasteiger charge is -1.93. The van der Waals surface area contributed by atoms with Crippen molar-refractivity contribution >= 4 is 16.9 Å². The van der Waals surface area contributed by atoms with Crippen LogP contribution in [0.2, 0.25) is 0 Å². The van der Waals surface area contributed by atoms with Crippen molar-refractivity contribution in [2.24, 2.45) is 0 Å². The molecule has 0 saturated heterocycles. The summed E-state index contributed by atoms with van der Waals surface area (Å²) in [6.45, 7) is 1.35. The Morgan fingerprint density at radius 1 is 1.53 bits per heavy atom. The molecule has 0 aliphatic rings. The van der Waals surface area contributed by atoms with E-state index in [4.69, 9.17) is 9.52 Å². The molecule has 0 amide bonds. The number of rotatable bonds is 2. The Morgan fingerprint density at radius 3 is 2.87 bits per heavy atom. The first-order valence-electron chi connectivity index (χ1n) is 4.49. The molecule has 1 unspecified atom stereocenters. The van der Waals surface area contributed by atoms with Crippen LogP contribution in [-0.2, 0) is 0 Å². The zero-order valence-corrected chi connectivity index (χ0v) is 8.03. The van der Waals surface area contributed by atoms with Crippen molar-refractivity contribution in [3.8, 4) is 0 Å². The van der Waals surface area contributed by atoms with Crippen molar-refractivity contribution in [2.75, 3.05) is 0 Å². The topological polar surface area (TPSA) is 50.4 Å². The highest BCUT2D eigenvalue weighted by molar-refractivity contribution is 6.02. The molecular formula is C11H9FO3. The Bertz CT molecular complexity index is 514. The molecule has 2 aromatic rings. The fourth-order valence-electron chi connectivity index (χ4n) is 1.46. The van der Waals surface area contributed by atoms with Crippen LogP contribution in [0.25, 0.3) is 11.0 Å². The molecule has 1 N–H and O–H groups in total. The van der Waals surface area contributed by atoms with Crippen LogP contribution in [0.5, 0.6) is 0 Å². The first-order valence-corrected chi connectivity index (χ1v) is 4.49. The van der Waals surface area contributed by atoms with Gasteiger partial charge in [-0.3, -0.25) is 0 Å². The maximum Gasteiger partial charge on any atom is 0.336 e. The van der Waals surface area contributed by atoms with E-state index in [0.29, 0.717) is 11.0 Å². The van der Waals surface area contributed by atoms with Gasteiger partial charge in [0.15, 0.2) is 6.17 Å². The van der Waals surface area contributed by atoms with Crippen LogP contribution in [0.3, 0.4) is 0 Å². The maximum atomic E-state index is 13.0. The normalized spacial score (nSPS) is 12.9. The van der Waals surface area contributed by atoms with E-state index in [-0.39, 0.29) is 11.3 Å². The summed E-state index contributed by atoms with van der Waals surface area (Å²) < 4.78 is 18.1. The van der Waals surface area contributed by atoms with E-state index in [1.807, 2.05) is 0 Å². The van der Waals surface area contributed by atoms with Gasteiger partial charge < -0.3 is 9.52 Å². The van der Waals surface area contributed by atoms with Gasteiger partial charge in [-0.15, -0.1) is 0 Å². The highest BCUT2D eigenvalue weighted by Gasteiger charge is 2.15. The predicted molar refractivity (Wildman–Crippen MR) is 52.7 cm³/mol. The third-order valence-electron chi connectivity index (χ3n) is 2.20. The first kappa shape index (κ1) is 9.71. The highest BCUT2D eigenvalue weighted by Crippen LogP contribution is 2.27. The van der Waals surface area contributed by atoms with Crippen molar-refractivity contribution in [1.82, 2.24) is 0 Å². The Balaban J connectivity index is 2.70. The van der Waals surface area contributed by atoms with Crippen LogP contribution in [0, 0.1) is 0 Å². The molecular weight excluding hydrogens is 199 g/mol. The lowest BCUT2D eigenvalue weighted by Crippen LogP contribution is -1.95. The third-order valence-corrected chi connectivity index (χ3v) is 2.20. The van der Waals surface area contributed by atoms with Crippen molar-refractivity contribution in [2.45, 2.75) is 13.1 Å². The second kappa shape index (κ2) is 3.38. The van der Waals surface area contributed by atoms with Gasteiger partial charge in [0.25, 0.3) is 0 Å². The minimum atomic E-state index is -1.24. The Kier molecular flexibility index (Phi) is 2.19. The molecule has 0 aliphatic carbocycles. The molecule has 0 bridgehead atoms. The standard InChI is InChI=1S/C11H9FO3/c1-6(12)10-5-8-7(11(13)14)3-2-4-9(8)15-10/h2-6H,1H3,(H,13,14). The number of benzene rings is 1. The van der Waals surface area contributed by atoms with Crippen LogP contribution in [0.15, 0.2) is 28.7 Å². The number of hydrogen-bond acceptors (Lipinski definition) is 2. The number of carbonyl (C=O) groups is 1. The summed E-state index contributed by atoms with van der Waals surface area (Å²) in [6, 6.07) is 6.09. The van der Waals surface area contributed by atoms with Crippen LogP contribution in [0.4, 0.5) is 4.39 Å². The number of hydrogen-bond donors (Lipinski definition) is 1. The summed E-state index contributed by atoms with van der Waals surface area (Å²) in [6.07, 6.45) is -1.24. The summed E-state index contributed by atoms with van der Waals surface area (Å²) in [5.41, 5.74) is 0.526. The van der Waals surface area contributed by atoms with Crippen molar-refractivity contribution in [3.63, 3.8) is 0 Å². The molecule has 1 aromatic heterocycles. The fourth-order valence-corrected chi connectivity index (χ4v) is 1.46. The van der Waals surface area contributed by atoms with E-state index in [1.165, 1.54) is 19.1 Å². The average Bonchev–Trinajstić information content (AvgIpc) is 2.60. The Labute approximate surface area is 85.1 Å². The van der Waals surface area contributed by atoms with Crippen molar-refractivity contribution < 1.29 is 18.7 Å². The van der Waals surface area contributed by atoms with Gasteiger partial charge in [0.1, 0.15) is 11.3 Å². The maximum absolute atomic E-state index is 13.0. The minimum Gasteiger partial charge on any atom is -0.478 e. The number of alkyl halides is 1. The van der Waals surface area contributed by atoms with E-state index in [1.54, 1.807) is 12.1 Å². The molecule has 3 nitrogen and oxygen atoms in total. The molecule has 4 heteroatoms. The van der Waals surface area contributed by atoms with Gasteiger partial charge in [-0.2, -0.15) is 0 Å². The largest absolute Gasteiger partial charge is 0.478 e. The van der Waals surface area contributed by atoms with E-state index >= 15 is 0 Å². The number of carboxylic acid groups (broad SMARTS) is 1. The van der Waals surface area contributed by atoms with Crippen LogP contribution in [-0.4, -0.2) is 11.1 Å². The predicted octanol–water partition coefficient (Wildman–Crippen LogP) is 3.16. The molecule has 1 aromatic carbocycles. The smallest absolute Gasteiger partial charge is 0.336 e. The Morgan fingerprint density at radius 2 is 2.27 bits per heavy atom. The molecule has 0 fully saturated rings. The number of fused-ring (bicyclic) bond motifs is 1. The molecule has 0 aliphatic heterocycles. The molecule has 0 spiro atoms. The van der Waals surface area contributed by atoms with Crippen molar-refractivity contribution in [1.29, 1.82) is 0 Å². The summed E-state index contributed by atoms with van der Waals surface area (Å²) >= 11 is 0. The van der Waals surface area contributed by atoms with Crippen molar-refractivity contribution in [3.05, 3.63) is 35.6 Å². The molecule has 1 heterocycles. The molecule has 15 heavy (non-hydrogen) atoms. The molecule has 1 atom stereocenters. The third kappa shape index (κ3) is 1.58. The minimum absolute atomic E-state index is 0.128. The Hall–Kier alpha value is -1.84. The molecule has 0 radical (unpaired) electrons.